The Hall–Kier alpha value is -1.98. The highest BCUT2D eigenvalue weighted by Crippen LogP contribution is 2.24. The van der Waals surface area contributed by atoms with Gasteiger partial charge in [0, 0.05) is 50.6 Å². The third-order valence-corrected chi connectivity index (χ3v) is 4.66. The first kappa shape index (κ1) is 16.9. The zero-order chi connectivity index (χ0) is 16.8. The molecule has 5 heteroatoms. The molecule has 0 amide bonds. The Morgan fingerprint density at radius 1 is 1.08 bits per heavy atom. The van der Waals surface area contributed by atoms with Crippen molar-refractivity contribution in [3.8, 4) is 6.01 Å². The third kappa shape index (κ3) is 4.30. The highest BCUT2D eigenvalue weighted by molar-refractivity contribution is 5.16. The van der Waals surface area contributed by atoms with Gasteiger partial charge in [-0.2, -0.15) is 0 Å². The predicted molar refractivity (Wildman–Crippen MR) is 92.9 cm³/mol. The molecule has 2 aromatic rings. The van der Waals surface area contributed by atoms with Crippen molar-refractivity contribution in [2.45, 2.75) is 25.5 Å². The molecule has 0 unspecified atom stereocenters. The molecular weight excluding hydrogens is 302 g/mol. The summed E-state index contributed by atoms with van der Waals surface area (Å²) in [5.74, 6) is 0.505. The van der Waals surface area contributed by atoms with Crippen molar-refractivity contribution in [3.63, 3.8) is 0 Å². The highest BCUT2D eigenvalue weighted by atomic mass is 16.5. The molecule has 2 heterocycles. The monoisotopic (exact) mass is 327 g/mol. The minimum atomic E-state index is 0.327. The van der Waals surface area contributed by atoms with E-state index in [2.05, 4.69) is 45.2 Å². The van der Waals surface area contributed by atoms with E-state index < -0.39 is 0 Å². The number of aromatic nitrogens is 2. The van der Waals surface area contributed by atoms with Gasteiger partial charge < -0.3 is 9.47 Å². The van der Waals surface area contributed by atoms with E-state index in [0.717, 1.165) is 38.0 Å². The summed E-state index contributed by atoms with van der Waals surface area (Å²) in [6.07, 6.45) is 6.13. The van der Waals surface area contributed by atoms with Crippen molar-refractivity contribution in [2.75, 3.05) is 27.3 Å². The molecule has 0 aliphatic carbocycles. The maximum absolute atomic E-state index is 5.74. The number of piperidine rings is 1. The summed E-state index contributed by atoms with van der Waals surface area (Å²) in [5.41, 5.74) is 2.49. The molecule has 5 nitrogen and oxygen atoms in total. The van der Waals surface area contributed by atoms with Crippen molar-refractivity contribution < 1.29 is 9.47 Å². The van der Waals surface area contributed by atoms with E-state index in [9.17, 15) is 0 Å². The van der Waals surface area contributed by atoms with Gasteiger partial charge in [0.2, 0.25) is 0 Å². The molecule has 1 aliphatic heterocycles. The van der Waals surface area contributed by atoms with Crippen LogP contribution in [-0.4, -0.2) is 48.3 Å². The summed E-state index contributed by atoms with van der Waals surface area (Å²) < 4.78 is 10.8. The number of rotatable bonds is 6. The largest absolute Gasteiger partial charge is 0.467 e. The van der Waals surface area contributed by atoms with Crippen LogP contribution in [0.1, 0.15) is 17.5 Å². The van der Waals surface area contributed by atoms with Crippen molar-refractivity contribution in [3.05, 3.63) is 53.9 Å². The normalized spacial score (nSPS) is 21.6. The van der Waals surface area contributed by atoms with Gasteiger partial charge in [-0.05, 0) is 18.4 Å². The summed E-state index contributed by atoms with van der Waals surface area (Å²) >= 11 is 0. The van der Waals surface area contributed by atoms with Crippen molar-refractivity contribution in [2.24, 2.45) is 5.92 Å². The first-order valence-electron chi connectivity index (χ1n) is 8.42. The number of hydrogen-bond acceptors (Lipinski definition) is 5. The molecule has 2 atom stereocenters. The average Bonchev–Trinajstić information content (AvgIpc) is 2.63. The summed E-state index contributed by atoms with van der Waals surface area (Å²) in [6.45, 7) is 2.93. The second kappa shape index (κ2) is 8.22. The lowest BCUT2D eigenvalue weighted by atomic mass is 9.88. The SMILES string of the molecule is COc1ncc(CN2CC[C@H](OC)[C@H](Cc3ccccc3)C2)cn1. The molecule has 0 N–H and O–H groups in total. The molecule has 128 valence electrons. The maximum Gasteiger partial charge on any atom is 0.316 e. The smallest absolute Gasteiger partial charge is 0.316 e. The average molecular weight is 327 g/mol. The third-order valence-electron chi connectivity index (χ3n) is 4.66. The quantitative estimate of drug-likeness (QED) is 0.816. The molecule has 1 aromatic carbocycles. The maximum atomic E-state index is 5.74. The van der Waals surface area contributed by atoms with Crippen LogP contribution in [0.3, 0.4) is 0 Å². The van der Waals surface area contributed by atoms with Gasteiger partial charge in [-0.1, -0.05) is 30.3 Å². The van der Waals surface area contributed by atoms with E-state index in [0.29, 0.717) is 18.0 Å². The van der Waals surface area contributed by atoms with Gasteiger partial charge in [-0.15, -0.1) is 0 Å². The molecule has 1 fully saturated rings. The standard InChI is InChI=1S/C19H25N3O2/c1-23-18-8-9-22(13-16-11-20-19(24-2)21-12-16)14-17(18)10-15-6-4-3-5-7-15/h3-7,11-12,17-18H,8-10,13-14H2,1-2H3/t17-,18+/m1/s1. The Kier molecular flexibility index (Phi) is 5.77. The number of methoxy groups -OCH3 is 2. The minimum absolute atomic E-state index is 0.327. The van der Waals surface area contributed by atoms with Crippen LogP contribution in [0.4, 0.5) is 0 Å². The van der Waals surface area contributed by atoms with E-state index in [-0.39, 0.29) is 0 Å². The van der Waals surface area contributed by atoms with Crippen LogP contribution in [0, 0.1) is 5.92 Å². The second-order valence-corrected chi connectivity index (χ2v) is 6.33. The van der Waals surface area contributed by atoms with Gasteiger partial charge in [-0.3, -0.25) is 4.90 Å². The number of ether oxygens (including phenoxy) is 2. The van der Waals surface area contributed by atoms with Gasteiger partial charge in [-0.25, -0.2) is 9.97 Å². The van der Waals surface area contributed by atoms with E-state index >= 15 is 0 Å². The molecule has 1 saturated heterocycles. The van der Waals surface area contributed by atoms with Gasteiger partial charge in [0.25, 0.3) is 0 Å². The molecule has 0 spiro atoms. The first-order chi connectivity index (χ1) is 11.8. The van der Waals surface area contributed by atoms with Crippen LogP contribution >= 0.6 is 0 Å². The summed E-state index contributed by atoms with van der Waals surface area (Å²) in [5, 5.41) is 0. The number of hydrogen-bond donors (Lipinski definition) is 0. The Morgan fingerprint density at radius 2 is 1.83 bits per heavy atom. The van der Waals surface area contributed by atoms with Gasteiger partial charge in [0.05, 0.1) is 13.2 Å². The first-order valence-corrected chi connectivity index (χ1v) is 8.42. The van der Waals surface area contributed by atoms with Crippen molar-refractivity contribution in [1.82, 2.24) is 14.9 Å². The minimum Gasteiger partial charge on any atom is -0.467 e. The lowest BCUT2D eigenvalue weighted by Crippen LogP contribution is -2.44. The van der Waals surface area contributed by atoms with Crippen LogP contribution in [0.25, 0.3) is 0 Å². The molecule has 0 radical (unpaired) electrons. The van der Waals surface area contributed by atoms with Gasteiger partial charge in [0.1, 0.15) is 0 Å². The summed E-state index contributed by atoms with van der Waals surface area (Å²) in [7, 11) is 3.41. The van der Waals surface area contributed by atoms with E-state index in [1.54, 1.807) is 7.11 Å². The van der Waals surface area contributed by atoms with Crippen molar-refractivity contribution >= 4 is 0 Å². The van der Waals surface area contributed by atoms with Crippen LogP contribution in [0.5, 0.6) is 6.01 Å². The zero-order valence-corrected chi connectivity index (χ0v) is 14.4. The van der Waals surface area contributed by atoms with Crippen LogP contribution in [0.15, 0.2) is 42.7 Å². The topological polar surface area (TPSA) is 47.5 Å². The molecule has 24 heavy (non-hydrogen) atoms. The Bertz CT molecular complexity index is 618. The molecular formula is C19H25N3O2. The number of nitrogens with zero attached hydrogens (tertiary/aromatic N) is 3. The van der Waals surface area contributed by atoms with Crippen molar-refractivity contribution in [1.29, 1.82) is 0 Å². The number of benzene rings is 1. The fraction of sp³-hybridized carbons (Fsp3) is 0.474. The Balaban J connectivity index is 1.63. The lowest BCUT2D eigenvalue weighted by Gasteiger charge is -2.38. The molecule has 3 rings (SSSR count). The summed E-state index contributed by atoms with van der Waals surface area (Å²) in [4.78, 5) is 10.9. The second-order valence-electron chi connectivity index (χ2n) is 6.33. The molecule has 0 saturated carbocycles. The van der Waals surface area contributed by atoms with Gasteiger partial charge in [0.15, 0.2) is 0 Å². The van der Waals surface area contributed by atoms with Crippen LogP contribution in [-0.2, 0) is 17.7 Å². The fourth-order valence-electron chi connectivity index (χ4n) is 3.44. The van der Waals surface area contributed by atoms with E-state index in [1.807, 2.05) is 19.5 Å². The van der Waals surface area contributed by atoms with Gasteiger partial charge >= 0.3 is 6.01 Å². The number of likely N-dealkylation sites (tertiary alicyclic amines) is 1. The summed E-state index contributed by atoms with van der Waals surface area (Å²) in [6, 6.07) is 11.1. The lowest BCUT2D eigenvalue weighted by molar-refractivity contribution is -0.00853. The zero-order valence-electron chi connectivity index (χ0n) is 14.4. The fourth-order valence-corrected chi connectivity index (χ4v) is 3.44. The van der Waals surface area contributed by atoms with E-state index in [4.69, 9.17) is 9.47 Å². The molecule has 1 aliphatic rings. The van der Waals surface area contributed by atoms with E-state index in [1.165, 1.54) is 5.56 Å². The highest BCUT2D eigenvalue weighted by Gasteiger charge is 2.29. The molecule has 0 bridgehead atoms. The predicted octanol–water partition coefficient (Wildman–Crippen LogP) is 2.56. The van der Waals surface area contributed by atoms with Crippen LogP contribution < -0.4 is 4.74 Å². The Labute approximate surface area is 143 Å². The molecule has 1 aromatic heterocycles. The van der Waals surface area contributed by atoms with Crippen LogP contribution in [0.2, 0.25) is 0 Å². The Morgan fingerprint density at radius 3 is 2.50 bits per heavy atom.